The third kappa shape index (κ3) is 3.59. The summed E-state index contributed by atoms with van der Waals surface area (Å²) >= 11 is 0. The molecule has 0 aliphatic heterocycles. The van der Waals surface area contributed by atoms with E-state index in [1.54, 1.807) is 10.9 Å². The number of rotatable bonds is 9. The molecule has 1 aliphatic rings. The van der Waals surface area contributed by atoms with Gasteiger partial charge in [0.05, 0.1) is 19.8 Å². The Morgan fingerprint density at radius 1 is 1.28 bits per heavy atom. The normalized spacial score (nSPS) is 17.3. The highest BCUT2D eigenvalue weighted by Crippen LogP contribution is 2.51. The summed E-state index contributed by atoms with van der Waals surface area (Å²) in [6.07, 6.45) is 8.54. The highest BCUT2D eigenvalue weighted by molar-refractivity contribution is 5.79. The molecule has 0 saturated heterocycles. The fourth-order valence-corrected chi connectivity index (χ4v) is 2.84. The number of aromatic nitrogens is 4. The first-order chi connectivity index (χ1) is 12.1. The fraction of sp³-hybridized carbons (Fsp3) is 0.588. The maximum absolute atomic E-state index is 9.42. The number of imidazole rings is 1. The van der Waals surface area contributed by atoms with E-state index in [1.807, 2.05) is 6.20 Å². The number of aliphatic hydroxyl groups is 2. The van der Waals surface area contributed by atoms with E-state index in [0.29, 0.717) is 30.1 Å². The molecular weight excluding hydrogens is 322 g/mol. The smallest absolute Gasteiger partial charge is 0.247 e. The fourth-order valence-electron chi connectivity index (χ4n) is 2.84. The Hall–Kier alpha value is -2.19. The summed E-state index contributed by atoms with van der Waals surface area (Å²) in [5.74, 6) is 0.519. The van der Waals surface area contributed by atoms with Crippen molar-refractivity contribution < 1.29 is 14.9 Å². The van der Waals surface area contributed by atoms with Gasteiger partial charge in [0.1, 0.15) is 6.33 Å². The second kappa shape index (κ2) is 7.37. The molecule has 8 heteroatoms. The quantitative estimate of drug-likeness (QED) is 0.589. The van der Waals surface area contributed by atoms with Crippen LogP contribution in [-0.4, -0.2) is 49.6 Å². The van der Waals surface area contributed by atoms with E-state index < -0.39 is 5.41 Å². The van der Waals surface area contributed by atoms with E-state index in [2.05, 4.69) is 21.9 Å². The van der Waals surface area contributed by atoms with Crippen molar-refractivity contribution in [1.29, 1.82) is 0 Å². The van der Waals surface area contributed by atoms with Gasteiger partial charge in [0.25, 0.3) is 0 Å². The zero-order valence-electron chi connectivity index (χ0n) is 14.5. The first-order valence-electron chi connectivity index (χ1n) is 8.69. The Labute approximate surface area is 146 Å². The number of nitrogen functional groups attached to an aromatic ring is 1. The summed E-state index contributed by atoms with van der Waals surface area (Å²) in [7, 11) is 0. The predicted molar refractivity (Wildman–Crippen MR) is 94.9 cm³/mol. The first kappa shape index (κ1) is 17.6. The number of hydrogen-bond donors (Lipinski definition) is 3. The Kier molecular flexibility index (Phi) is 5.19. The summed E-state index contributed by atoms with van der Waals surface area (Å²) in [4.78, 5) is 12.8. The van der Waals surface area contributed by atoms with Crippen LogP contribution in [0.1, 0.15) is 39.0 Å². The molecule has 2 heterocycles. The van der Waals surface area contributed by atoms with Gasteiger partial charge in [0.15, 0.2) is 11.2 Å². The van der Waals surface area contributed by atoms with Crippen LogP contribution in [0.4, 0.5) is 5.95 Å². The number of aliphatic hydroxyl groups excluding tert-OH is 2. The SMILES string of the molecule is CCCCCCOc1nc(N)nc2c1ncn2/C=C1/CC1(CO)CO. The minimum absolute atomic E-state index is 0.0782. The van der Waals surface area contributed by atoms with Crippen molar-refractivity contribution in [3.8, 4) is 5.88 Å². The molecule has 0 unspecified atom stereocenters. The number of unbranched alkanes of at least 4 members (excludes halogenated alkanes) is 3. The lowest BCUT2D eigenvalue weighted by atomic mass is 10.1. The predicted octanol–water partition coefficient (Wildman–Crippen LogP) is 1.58. The molecule has 1 fully saturated rings. The molecule has 3 rings (SSSR count). The molecule has 0 spiro atoms. The molecule has 25 heavy (non-hydrogen) atoms. The van der Waals surface area contributed by atoms with E-state index in [9.17, 15) is 10.2 Å². The molecule has 0 bridgehead atoms. The molecule has 1 aliphatic carbocycles. The highest BCUT2D eigenvalue weighted by atomic mass is 16.5. The van der Waals surface area contributed by atoms with Gasteiger partial charge in [0.2, 0.25) is 11.8 Å². The number of nitrogens with zero attached hydrogens (tertiary/aromatic N) is 4. The summed E-state index contributed by atoms with van der Waals surface area (Å²) in [6.45, 7) is 2.58. The number of ether oxygens (including phenoxy) is 1. The van der Waals surface area contributed by atoms with Gasteiger partial charge < -0.3 is 20.7 Å². The van der Waals surface area contributed by atoms with E-state index in [1.165, 1.54) is 12.8 Å². The van der Waals surface area contributed by atoms with Gasteiger partial charge in [-0.2, -0.15) is 9.97 Å². The summed E-state index contributed by atoms with van der Waals surface area (Å²) < 4.78 is 7.49. The lowest BCUT2D eigenvalue weighted by Gasteiger charge is -2.07. The number of anilines is 1. The van der Waals surface area contributed by atoms with Crippen LogP contribution in [0.15, 0.2) is 11.9 Å². The van der Waals surface area contributed by atoms with Gasteiger partial charge in [-0.05, 0) is 18.4 Å². The Morgan fingerprint density at radius 3 is 2.76 bits per heavy atom. The summed E-state index contributed by atoms with van der Waals surface area (Å²) in [6, 6.07) is 0. The average Bonchev–Trinajstić information content (AvgIpc) is 3.18. The van der Waals surface area contributed by atoms with Crippen molar-refractivity contribution in [1.82, 2.24) is 19.5 Å². The van der Waals surface area contributed by atoms with Gasteiger partial charge in [-0.3, -0.25) is 4.57 Å². The van der Waals surface area contributed by atoms with Gasteiger partial charge in [-0.1, -0.05) is 26.2 Å². The van der Waals surface area contributed by atoms with E-state index in [0.717, 1.165) is 18.4 Å². The van der Waals surface area contributed by atoms with Gasteiger partial charge in [0, 0.05) is 11.6 Å². The Morgan fingerprint density at radius 2 is 2.08 bits per heavy atom. The van der Waals surface area contributed by atoms with Gasteiger partial charge in [-0.15, -0.1) is 0 Å². The van der Waals surface area contributed by atoms with Crippen molar-refractivity contribution in [3.05, 3.63) is 11.9 Å². The van der Waals surface area contributed by atoms with E-state index >= 15 is 0 Å². The minimum atomic E-state index is -0.520. The lowest BCUT2D eigenvalue weighted by molar-refractivity contribution is 0.143. The van der Waals surface area contributed by atoms with Crippen LogP contribution in [0.2, 0.25) is 0 Å². The largest absolute Gasteiger partial charge is 0.476 e. The second-order valence-electron chi connectivity index (χ2n) is 6.55. The van der Waals surface area contributed by atoms with Crippen LogP contribution < -0.4 is 10.5 Å². The zero-order chi connectivity index (χ0) is 17.9. The van der Waals surface area contributed by atoms with Crippen molar-refractivity contribution >= 4 is 23.3 Å². The highest BCUT2D eigenvalue weighted by Gasteiger charge is 2.48. The van der Waals surface area contributed by atoms with Crippen LogP contribution in [0.25, 0.3) is 17.4 Å². The van der Waals surface area contributed by atoms with Gasteiger partial charge >= 0.3 is 0 Å². The lowest BCUT2D eigenvalue weighted by Crippen LogP contribution is -2.12. The molecule has 0 atom stereocenters. The van der Waals surface area contributed by atoms with Crippen LogP contribution in [0, 0.1) is 5.41 Å². The molecule has 4 N–H and O–H groups in total. The van der Waals surface area contributed by atoms with Crippen molar-refractivity contribution in [3.63, 3.8) is 0 Å². The van der Waals surface area contributed by atoms with Gasteiger partial charge in [-0.25, -0.2) is 4.98 Å². The first-order valence-corrected chi connectivity index (χ1v) is 8.69. The minimum Gasteiger partial charge on any atom is -0.476 e. The molecule has 0 amide bonds. The average molecular weight is 347 g/mol. The van der Waals surface area contributed by atoms with Crippen LogP contribution in [-0.2, 0) is 0 Å². The molecule has 136 valence electrons. The molecule has 0 aromatic carbocycles. The standard InChI is InChI=1S/C17H25N5O3/c1-2-3-4-5-6-25-15-13-14(20-16(18)21-15)22(11-19-13)8-12-7-17(12,9-23)10-24/h8,11,23-24H,2-7,9-10H2,1H3,(H2,18,20,21)/b12-8-. The maximum Gasteiger partial charge on any atom is 0.247 e. The second-order valence-corrected chi connectivity index (χ2v) is 6.55. The molecule has 0 radical (unpaired) electrons. The molecule has 2 aromatic rings. The van der Waals surface area contributed by atoms with Crippen LogP contribution >= 0.6 is 0 Å². The summed E-state index contributed by atoms with van der Waals surface area (Å²) in [5, 5.41) is 18.8. The Balaban J connectivity index is 1.80. The van der Waals surface area contributed by atoms with E-state index in [-0.39, 0.29) is 19.2 Å². The maximum atomic E-state index is 9.42. The van der Waals surface area contributed by atoms with E-state index in [4.69, 9.17) is 10.5 Å². The van der Waals surface area contributed by atoms with Crippen molar-refractivity contribution in [2.75, 3.05) is 25.6 Å². The number of fused-ring (bicyclic) bond motifs is 1. The number of hydrogen-bond acceptors (Lipinski definition) is 7. The monoisotopic (exact) mass is 347 g/mol. The van der Waals surface area contributed by atoms with Crippen LogP contribution in [0.5, 0.6) is 5.88 Å². The third-order valence-electron chi connectivity index (χ3n) is 4.63. The Bertz CT molecular complexity index is 767. The molecule has 8 nitrogen and oxygen atoms in total. The van der Waals surface area contributed by atoms with Crippen molar-refractivity contribution in [2.45, 2.75) is 39.0 Å². The molecule has 1 saturated carbocycles. The van der Waals surface area contributed by atoms with Crippen molar-refractivity contribution in [2.24, 2.45) is 5.41 Å². The zero-order valence-corrected chi connectivity index (χ0v) is 14.5. The molecular formula is C17H25N5O3. The number of nitrogens with two attached hydrogens (primary N) is 1. The topological polar surface area (TPSA) is 119 Å². The molecule has 2 aromatic heterocycles. The van der Waals surface area contributed by atoms with Crippen LogP contribution in [0.3, 0.4) is 0 Å². The summed E-state index contributed by atoms with van der Waals surface area (Å²) in [5.41, 5.74) is 7.36. The third-order valence-corrected chi connectivity index (χ3v) is 4.63.